The quantitative estimate of drug-likeness (QED) is 0.347. The summed E-state index contributed by atoms with van der Waals surface area (Å²) in [5.41, 5.74) is 10.7. The summed E-state index contributed by atoms with van der Waals surface area (Å²) in [6.07, 6.45) is 8.95. The van der Waals surface area contributed by atoms with Gasteiger partial charge in [0.2, 0.25) is 0 Å². The predicted octanol–water partition coefficient (Wildman–Crippen LogP) is 7.71. The highest BCUT2D eigenvalue weighted by molar-refractivity contribution is 5.86. The summed E-state index contributed by atoms with van der Waals surface area (Å²) in [5.74, 6) is 0.692. The first kappa shape index (κ1) is 29.1. The summed E-state index contributed by atoms with van der Waals surface area (Å²) in [7, 11) is 0. The number of nitrogens with zero attached hydrogens (tertiary/aromatic N) is 1. The lowest BCUT2D eigenvalue weighted by Crippen LogP contribution is -2.41. The molecule has 1 fully saturated rings. The van der Waals surface area contributed by atoms with Crippen LogP contribution in [-0.4, -0.2) is 42.3 Å². The highest BCUT2D eigenvalue weighted by Gasteiger charge is 2.37. The lowest BCUT2D eigenvalue weighted by molar-refractivity contribution is -0.166. The predicted molar refractivity (Wildman–Crippen MR) is 161 cm³/mol. The van der Waals surface area contributed by atoms with Gasteiger partial charge in [0.1, 0.15) is 5.75 Å². The van der Waals surface area contributed by atoms with E-state index in [2.05, 4.69) is 37.8 Å². The normalized spacial score (nSPS) is 19.0. The van der Waals surface area contributed by atoms with Gasteiger partial charge in [-0.2, -0.15) is 0 Å². The van der Waals surface area contributed by atoms with Gasteiger partial charge >= 0.3 is 5.97 Å². The van der Waals surface area contributed by atoms with Gasteiger partial charge in [-0.15, -0.1) is 0 Å². The zero-order valence-corrected chi connectivity index (χ0v) is 25.9. The Morgan fingerprint density at radius 2 is 1.73 bits per heavy atom. The van der Waals surface area contributed by atoms with Crippen LogP contribution >= 0.6 is 0 Å². The molecule has 5 nitrogen and oxygen atoms in total. The van der Waals surface area contributed by atoms with Crippen LogP contribution in [0.25, 0.3) is 11.1 Å². The third-order valence-electron chi connectivity index (χ3n) is 9.31. The Morgan fingerprint density at radius 3 is 2.42 bits per heavy atom. The molecule has 5 heteroatoms. The van der Waals surface area contributed by atoms with E-state index in [-0.39, 0.29) is 5.97 Å². The molecule has 0 amide bonds. The summed E-state index contributed by atoms with van der Waals surface area (Å²) in [4.78, 5) is 16.4. The molecule has 0 spiro atoms. The third kappa shape index (κ3) is 5.69. The molecular formula is C35H49NO4. The highest BCUT2D eigenvalue weighted by atomic mass is 16.6. The lowest BCUT2D eigenvalue weighted by Gasteiger charge is -2.40. The minimum Gasteiger partial charge on any atom is -0.493 e. The fourth-order valence-corrected chi connectivity index (χ4v) is 7.35. The van der Waals surface area contributed by atoms with Crippen molar-refractivity contribution in [3.05, 3.63) is 51.1 Å². The molecule has 0 radical (unpaired) electrons. The Morgan fingerprint density at radius 1 is 0.975 bits per heavy atom. The van der Waals surface area contributed by atoms with E-state index >= 15 is 0 Å². The number of rotatable bonds is 6. The van der Waals surface area contributed by atoms with E-state index in [0.717, 1.165) is 55.8 Å². The summed E-state index contributed by atoms with van der Waals surface area (Å²) in [6, 6.07) is 5.02. The van der Waals surface area contributed by atoms with Crippen LogP contribution in [0.2, 0.25) is 0 Å². The molecule has 0 aromatic heterocycles. The monoisotopic (exact) mass is 547 g/mol. The van der Waals surface area contributed by atoms with Crippen LogP contribution in [0.4, 0.5) is 0 Å². The first-order chi connectivity index (χ1) is 19.1. The average molecular weight is 548 g/mol. The molecule has 0 bridgehead atoms. The Bertz CT molecular complexity index is 1250. The number of benzene rings is 2. The Balaban J connectivity index is 1.72. The van der Waals surface area contributed by atoms with Crippen molar-refractivity contribution in [1.29, 1.82) is 0 Å². The maximum atomic E-state index is 13.6. The molecule has 1 aliphatic carbocycles. The van der Waals surface area contributed by atoms with E-state index in [0.29, 0.717) is 12.6 Å². The maximum absolute atomic E-state index is 13.6. The molecule has 3 aliphatic rings. The SMILES string of the molecule is CCOC(=O)[C@@H](OC(C)(C)C)c1c(C)c2c(c(C)c1-c1ccc3c(c1C)CCCO3)CN(C1CCCCC1)CC2. The summed E-state index contributed by atoms with van der Waals surface area (Å²) in [5, 5.41) is 0. The molecule has 1 saturated carbocycles. The van der Waals surface area contributed by atoms with Gasteiger partial charge in [0.05, 0.1) is 18.8 Å². The summed E-state index contributed by atoms with van der Waals surface area (Å²) < 4.78 is 18.3. The van der Waals surface area contributed by atoms with Crippen LogP contribution in [0.15, 0.2) is 12.1 Å². The molecule has 2 aliphatic heterocycles. The molecule has 0 unspecified atom stereocenters. The van der Waals surface area contributed by atoms with E-state index in [4.69, 9.17) is 14.2 Å². The number of carbonyl (C=O) groups excluding carboxylic acids is 1. The first-order valence-corrected chi connectivity index (χ1v) is 15.6. The van der Waals surface area contributed by atoms with Crippen molar-refractivity contribution >= 4 is 5.97 Å². The zero-order chi connectivity index (χ0) is 28.6. The molecule has 218 valence electrons. The number of esters is 1. The van der Waals surface area contributed by atoms with Crippen molar-refractivity contribution in [2.45, 2.75) is 124 Å². The minimum atomic E-state index is -0.790. The molecule has 0 saturated heterocycles. The number of carbonyl (C=O) groups is 1. The molecule has 2 aromatic rings. The summed E-state index contributed by atoms with van der Waals surface area (Å²) in [6.45, 7) is 17.8. The Labute approximate surface area is 241 Å². The van der Waals surface area contributed by atoms with Crippen molar-refractivity contribution in [3.63, 3.8) is 0 Å². The van der Waals surface area contributed by atoms with Crippen LogP contribution < -0.4 is 4.74 Å². The molecule has 40 heavy (non-hydrogen) atoms. The first-order valence-electron chi connectivity index (χ1n) is 15.6. The van der Waals surface area contributed by atoms with Gasteiger partial charge in [-0.05, 0) is 131 Å². The van der Waals surface area contributed by atoms with Crippen molar-refractivity contribution in [3.8, 4) is 16.9 Å². The molecule has 1 atom stereocenters. The molecule has 2 heterocycles. The van der Waals surface area contributed by atoms with Crippen molar-refractivity contribution in [2.75, 3.05) is 19.8 Å². The van der Waals surface area contributed by atoms with Crippen molar-refractivity contribution < 1.29 is 19.0 Å². The van der Waals surface area contributed by atoms with E-state index in [1.54, 1.807) is 0 Å². The van der Waals surface area contributed by atoms with Gasteiger partial charge in [0.25, 0.3) is 0 Å². The smallest absolute Gasteiger partial charge is 0.339 e. The van der Waals surface area contributed by atoms with Gasteiger partial charge < -0.3 is 14.2 Å². The third-order valence-corrected chi connectivity index (χ3v) is 9.31. The van der Waals surface area contributed by atoms with Gasteiger partial charge in [-0.25, -0.2) is 4.79 Å². The van der Waals surface area contributed by atoms with Crippen LogP contribution in [0.5, 0.6) is 5.75 Å². The topological polar surface area (TPSA) is 48.0 Å². The second-order valence-corrected chi connectivity index (χ2v) is 13.0. The van der Waals surface area contributed by atoms with Crippen LogP contribution in [-0.2, 0) is 33.7 Å². The Hall–Kier alpha value is -2.37. The van der Waals surface area contributed by atoms with Gasteiger partial charge in [0, 0.05) is 24.7 Å². The number of hydrogen-bond acceptors (Lipinski definition) is 5. The zero-order valence-electron chi connectivity index (χ0n) is 25.9. The van der Waals surface area contributed by atoms with E-state index in [9.17, 15) is 4.79 Å². The molecular weight excluding hydrogens is 498 g/mol. The molecule has 0 N–H and O–H groups in total. The highest BCUT2D eigenvalue weighted by Crippen LogP contribution is 2.46. The second-order valence-electron chi connectivity index (χ2n) is 13.0. The van der Waals surface area contributed by atoms with Gasteiger partial charge in [-0.3, -0.25) is 4.90 Å². The van der Waals surface area contributed by atoms with Crippen LogP contribution in [0, 0.1) is 20.8 Å². The largest absolute Gasteiger partial charge is 0.493 e. The van der Waals surface area contributed by atoms with E-state index < -0.39 is 11.7 Å². The average Bonchev–Trinajstić information content (AvgIpc) is 2.94. The van der Waals surface area contributed by atoms with Crippen molar-refractivity contribution in [2.24, 2.45) is 0 Å². The summed E-state index contributed by atoms with van der Waals surface area (Å²) >= 11 is 0. The van der Waals surface area contributed by atoms with Crippen LogP contribution in [0.1, 0.15) is 111 Å². The fourth-order valence-electron chi connectivity index (χ4n) is 7.35. The fraction of sp³-hybridized carbons (Fsp3) is 0.629. The van der Waals surface area contributed by atoms with E-state index in [1.165, 1.54) is 71.0 Å². The number of fused-ring (bicyclic) bond motifs is 2. The van der Waals surface area contributed by atoms with Gasteiger partial charge in [0.15, 0.2) is 6.10 Å². The standard InChI is InChI=1S/C35H49NO4/c1-8-38-34(37)33(40-35(5,6)7)32-23(3)26-18-19-36(25-13-10-9-11-14-25)21-29(26)24(4)31(32)28-16-17-30-27(22(28)2)15-12-20-39-30/h16-17,25,33H,8-15,18-21H2,1-7H3/t33-/m0/s1. The maximum Gasteiger partial charge on any atom is 0.339 e. The Kier molecular flexibility index (Phi) is 8.63. The van der Waals surface area contributed by atoms with Gasteiger partial charge in [-0.1, -0.05) is 25.3 Å². The van der Waals surface area contributed by atoms with Crippen LogP contribution in [0.3, 0.4) is 0 Å². The van der Waals surface area contributed by atoms with E-state index in [1.807, 2.05) is 27.7 Å². The number of hydrogen-bond donors (Lipinski definition) is 0. The van der Waals surface area contributed by atoms with Crippen molar-refractivity contribution in [1.82, 2.24) is 4.90 Å². The number of ether oxygens (including phenoxy) is 3. The second kappa shape index (κ2) is 11.9. The molecule has 2 aromatic carbocycles. The minimum absolute atomic E-state index is 0.306. The lowest BCUT2D eigenvalue weighted by atomic mass is 9.78. The molecule has 5 rings (SSSR count).